The topological polar surface area (TPSA) is 55.5 Å². The van der Waals surface area contributed by atoms with E-state index in [1.807, 2.05) is 0 Å². The number of ether oxygens (including phenoxy) is 1. The number of hydrogen-bond acceptors (Lipinski definition) is 3. The second kappa shape index (κ2) is 4.98. The number of halogens is 1. The van der Waals surface area contributed by atoms with Crippen molar-refractivity contribution in [2.45, 2.75) is 19.8 Å². The minimum atomic E-state index is -0.492. The van der Waals surface area contributed by atoms with Gasteiger partial charge in [0, 0.05) is 0 Å². The van der Waals surface area contributed by atoms with E-state index < -0.39 is 5.82 Å². The average molecular weight is 213 g/mol. The van der Waals surface area contributed by atoms with Gasteiger partial charge < -0.3 is 15.6 Å². The van der Waals surface area contributed by atoms with E-state index in [9.17, 15) is 9.50 Å². The standard InChI is InChI=1S/C11H16FNO2/c1-7-6-8(4-3-5-13)9(12)11(15-2)10(7)14/h6,14H,3-5,13H2,1-2H3. The summed E-state index contributed by atoms with van der Waals surface area (Å²) in [5.74, 6) is -0.706. The van der Waals surface area contributed by atoms with Crippen LogP contribution in [-0.2, 0) is 6.42 Å². The molecular formula is C11H16FNO2. The number of rotatable bonds is 4. The van der Waals surface area contributed by atoms with E-state index in [-0.39, 0.29) is 11.5 Å². The fourth-order valence-electron chi connectivity index (χ4n) is 1.48. The van der Waals surface area contributed by atoms with Gasteiger partial charge in [0.05, 0.1) is 7.11 Å². The number of phenols is 1. The summed E-state index contributed by atoms with van der Waals surface area (Å²) in [6.45, 7) is 2.23. The summed E-state index contributed by atoms with van der Waals surface area (Å²) >= 11 is 0. The van der Waals surface area contributed by atoms with Crippen LogP contribution >= 0.6 is 0 Å². The minimum absolute atomic E-state index is 0.0815. The number of benzene rings is 1. The highest BCUT2D eigenvalue weighted by Gasteiger charge is 2.15. The molecule has 0 unspecified atom stereocenters. The van der Waals surface area contributed by atoms with Crippen LogP contribution in [0.4, 0.5) is 4.39 Å². The molecule has 0 aliphatic heterocycles. The van der Waals surface area contributed by atoms with Gasteiger partial charge in [-0.1, -0.05) is 0 Å². The Bertz CT molecular complexity index is 353. The first-order valence-corrected chi connectivity index (χ1v) is 4.86. The summed E-state index contributed by atoms with van der Waals surface area (Å²) in [6, 6.07) is 1.63. The molecule has 84 valence electrons. The first-order chi connectivity index (χ1) is 7.11. The molecule has 0 radical (unpaired) electrons. The number of aromatic hydroxyl groups is 1. The van der Waals surface area contributed by atoms with Crippen LogP contribution in [0.1, 0.15) is 17.5 Å². The smallest absolute Gasteiger partial charge is 0.197 e. The molecule has 1 aromatic carbocycles. The molecule has 15 heavy (non-hydrogen) atoms. The van der Waals surface area contributed by atoms with Gasteiger partial charge in [-0.25, -0.2) is 4.39 Å². The fourth-order valence-corrected chi connectivity index (χ4v) is 1.48. The molecule has 0 aromatic heterocycles. The average Bonchev–Trinajstić information content (AvgIpc) is 2.22. The van der Waals surface area contributed by atoms with Crippen LogP contribution in [0.25, 0.3) is 0 Å². The monoisotopic (exact) mass is 213 g/mol. The van der Waals surface area contributed by atoms with Crippen molar-refractivity contribution >= 4 is 0 Å². The van der Waals surface area contributed by atoms with Crippen molar-refractivity contribution in [3.63, 3.8) is 0 Å². The van der Waals surface area contributed by atoms with Gasteiger partial charge in [-0.3, -0.25) is 0 Å². The summed E-state index contributed by atoms with van der Waals surface area (Å²) in [4.78, 5) is 0. The van der Waals surface area contributed by atoms with E-state index in [0.717, 1.165) is 0 Å². The lowest BCUT2D eigenvalue weighted by Gasteiger charge is -2.11. The molecular weight excluding hydrogens is 197 g/mol. The van der Waals surface area contributed by atoms with Crippen LogP contribution in [0.2, 0.25) is 0 Å². The van der Waals surface area contributed by atoms with E-state index in [2.05, 4.69) is 0 Å². The van der Waals surface area contributed by atoms with Crippen molar-refractivity contribution in [2.75, 3.05) is 13.7 Å². The molecule has 3 nitrogen and oxygen atoms in total. The molecule has 0 fully saturated rings. The summed E-state index contributed by atoms with van der Waals surface area (Å²) in [7, 11) is 1.34. The highest BCUT2D eigenvalue weighted by atomic mass is 19.1. The van der Waals surface area contributed by atoms with E-state index in [4.69, 9.17) is 10.5 Å². The van der Waals surface area contributed by atoms with Crippen molar-refractivity contribution in [3.05, 3.63) is 23.0 Å². The maximum atomic E-state index is 13.7. The highest BCUT2D eigenvalue weighted by molar-refractivity contribution is 5.49. The Kier molecular flexibility index (Phi) is 3.91. The fraction of sp³-hybridized carbons (Fsp3) is 0.455. The van der Waals surface area contributed by atoms with Gasteiger partial charge >= 0.3 is 0 Å². The van der Waals surface area contributed by atoms with Crippen molar-refractivity contribution in [2.24, 2.45) is 5.73 Å². The van der Waals surface area contributed by atoms with Gasteiger partial charge in [0.15, 0.2) is 17.3 Å². The molecule has 0 amide bonds. The molecule has 4 heteroatoms. The first kappa shape index (κ1) is 11.8. The SMILES string of the molecule is COc1c(O)c(C)cc(CCCN)c1F. The third kappa shape index (κ3) is 2.39. The molecule has 3 N–H and O–H groups in total. The zero-order valence-electron chi connectivity index (χ0n) is 9.01. The summed E-state index contributed by atoms with van der Waals surface area (Å²) in [5.41, 5.74) is 6.51. The lowest BCUT2D eigenvalue weighted by atomic mass is 10.0. The van der Waals surface area contributed by atoms with Crippen molar-refractivity contribution in [1.29, 1.82) is 0 Å². The number of phenolic OH excluding ortho intramolecular Hbond substituents is 1. The van der Waals surface area contributed by atoms with Crippen molar-refractivity contribution in [3.8, 4) is 11.5 Å². The number of hydrogen-bond donors (Lipinski definition) is 2. The zero-order chi connectivity index (χ0) is 11.4. The van der Waals surface area contributed by atoms with Crippen molar-refractivity contribution in [1.82, 2.24) is 0 Å². The Morgan fingerprint density at radius 1 is 1.53 bits per heavy atom. The second-order valence-corrected chi connectivity index (χ2v) is 3.44. The molecule has 0 spiro atoms. The summed E-state index contributed by atoms with van der Waals surface area (Å²) < 4.78 is 18.5. The lowest BCUT2D eigenvalue weighted by Crippen LogP contribution is -2.03. The first-order valence-electron chi connectivity index (χ1n) is 4.86. The number of aryl methyl sites for hydroxylation is 2. The van der Waals surface area contributed by atoms with E-state index in [1.165, 1.54) is 7.11 Å². The van der Waals surface area contributed by atoms with Crippen LogP contribution in [0.5, 0.6) is 11.5 Å². The van der Waals surface area contributed by atoms with Gasteiger partial charge in [0.2, 0.25) is 0 Å². The minimum Gasteiger partial charge on any atom is -0.504 e. The second-order valence-electron chi connectivity index (χ2n) is 3.44. The van der Waals surface area contributed by atoms with Crippen LogP contribution in [0, 0.1) is 12.7 Å². The van der Waals surface area contributed by atoms with Crippen LogP contribution in [0.3, 0.4) is 0 Å². The molecule has 0 aliphatic rings. The molecule has 0 aliphatic carbocycles. The molecule has 1 rings (SSSR count). The Labute approximate surface area is 88.7 Å². The molecule has 0 saturated carbocycles. The maximum Gasteiger partial charge on any atom is 0.197 e. The Balaban J connectivity index is 3.12. The van der Waals surface area contributed by atoms with Gasteiger partial charge in [0.25, 0.3) is 0 Å². The number of nitrogens with two attached hydrogens (primary N) is 1. The van der Waals surface area contributed by atoms with Crippen molar-refractivity contribution < 1.29 is 14.2 Å². The van der Waals surface area contributed by atoms with Gasteiger partial charge in [-0.2, -0.15) is 0 Å². The highest BCUT2D eigenvalue weighted by Crippen LogP contribution is 2.34. The van der Waals surface area contributed by atoms with Crippen LogP contribution in [0.15, 0.2) is 6.07 Å². The Hall–Kier alpha value is -1.29. The predicted molar refractivity (Wildman–Crippen MR) is 56.7 cm³/mol. The van der Waals surface area contributed by atoms with Gasteiger partial charge in [-0.15, -0.1) is 0 Å². The van der Waals surface area contributed by atoms with Gasteiger partial charge in [-0.05, 0) is 43.5 Å². The summed E-state index contributed by atoms with van der Waals surface area (Å²) in [6.07, 6.45) is 1.27. The molecule has 0 bridgehead atoms. The van der Waals surface area contributed by atoms with E-state index >= 15 is 0 Å². The summed E-state index contributed by atoms with van der Waals surface area (Å²) in [5, 5.41) is 9.54. The molecule has 0 heterocycles. The molecule has 0 atom stereocenters. The van der Waals surface area contributed by atoms with E-state index in [0.29, 0.717) is 30.5 Å². The quantitative estimate of drug-likeness (QED) is 0.801. The van der Waals surface area contributed by atoms with E-state index in [1.54, 1.807) is 13.0 Å². The Morgan fingerprint density at radius 2 is 2.20 bits per heavy atom. The Morgan fingerprint density at radius 3 is 2.73 bits per heavy atom. The van der Waals surface area contributed by atoms with Crippen LogP contribution < -0.4 is 10.5 Å². The van der Waals surface area contributed by atoms with Crippen LogP contribution in [-0.4, -0.2) is 18.8 Å². The third-order valence-electron chi connectivity index (χ3n) is 2.31. The number of methoxy groups -OCH3 is 1. The molecule has 1 aromatic rings. The van der Waals surface area contributed by atoms with Gasteiger partial charge in [0.1, 0.15) is 0 Å². The maximum absolute atomic E-state index is 13.7. The zero-order valence-corrected chi connectivity index (χ0v) is 9.01. The lowest BCUT2D eigenvalue weighted by molar-refractivity contribution is 0.347. The third-order valence-corrected chi connectivity index (χ3v) is 2.31. The predicted octanol–water partition coefficient (Wildman–Crippen LogP) is 1.74. The molecule has 0 saturated heterocycles. The normalized spacial score (nSPS) is 10.4. The largest absolute Gasteiger partial charge is 0.504 e.